The van der Waals surface area contributed by atoms with E-state index in [1.54, 1.807) is 11.3 Å². The first-order valence-electron chi connectivity index (χ1n) is 9.53. The summed E-state index contributed by atoms with van der Waals surface area (Å²) in [5.74, 6) is 0.190. The molecule has 2 rings (SSSR count). The predicted molar refractivity (Wildman–Crippen MR) is 118 cm³/mol. The van der Waals surface area contributed by atoms with Crippen LogP contribution in [0.5, 0.6) is 0 Å². The van der Waals surface area contributed by atoms with Crippen molar-refractivity contribution in [1.82, 2.24) is 0 Å². The molecule has 1 unspecified atom stereocenters. The van der Waals surface area contributed by atoms with Gasteiger partial charge in [-0.15, -0.1) is 22.7 Å². The molecule has 2 aromatic heterocycles. The normalized spacial score (nSPS) is 14.2. The van der Waals surface area contributed by atoms with Gasteiger partial charge in [0.05, 0.1) is 11.0 Å². The monoisotopic (exact) mass is 443 g/mol. The molecule has 0 bridgehead atoms. The SMILES string of the molecule is Cc1csc(CCCCC(=O)c2ccc(CCC(C)(N)CCP(=O)(O)O)s2)c1. The van der Waals surface area contributed by atoms with Crippen LogP contribution >= 0.6 is 30.3 Å². The number of rotatable bonds is 12. The van der Waals surface area contributed by atoms with E-state index in [0.29, 0.717) is 19.3 Å². The quantitative estimate of drug-likeness (QED) is 0.245. The van der Waals surface area contributed by atoms with Crippen molar-refractivity contribution in [3.63, 3.8) is 0 Å². The first-order valence-corrected chi connectivity index (χ1v) is 13.0. The van der Waals surface area contributed by atoms with E-state index in [2.05, 4.69) is 18.4 Å². The van der Waals surface area contributed by atoms with E-state index in [4.69, 9.17) is 15.5 Å². The number of unbranched alkanes of at least 4 members (excludes halogenated alkanes) is 1. The molecule has 8 heteroatoms. The van der Waals surface area contributed by atoms with Crippen molar-refractivity contribution in [3.05, 3.63) is 43.8 Å². The number of thiophene rings is 2. The third-order valence-corrected chi connectivity index (χ3v) is 7.82. The summed E-state index contributed by atoms with van der Waals surface area (Å²) in [7, 11) is -4.02. The number of aryl methyl sites for hydroxylation is 3. The van der Waals surface area contributed by atoms with Crippen molar-refractivity contribution in [2.24, 2.45) is 5.73 Å². The molecule has 0 aliphatic carbocycles. The minimum absolute atomic E-state index is 0.190. The van der Waals surface area contributed by atoms with Crippen LogP contribution in [-0.4, -0.2) is 27.3 Å². The maximum Gasteiger partial charge on any atom is 0.325 e. The Morgan fingerprint density at radius 2 is 1.93 bits per heavy atom. The smallest absolute Gasteiger partial charge is 0.325 e. The van der Waals surface area contributed by atoms with Gasteiger partial charge in [0, 0.05) is 21.7 Å². The Kier molecular flexibility index (Phi) is 8.61. The Morgan fingerprint density at radius 1 is 1.18 bits per heavy atom. The molecule has 0 amide bonds. The third-order valence-electron chi connectivity index (χ3n) is 4.72. The highest BCUT2D eigenvalue weighted by atomic mass is 32.1. The lowest BCUT2D eigenvalue weighted by atomic mass is 9.94. The van der Waals surface area contributed by atoms with Crippen LogP contribution in [0.25, 0.3) is 0 Å². The van der Waals surface area contributed by atoms with Gasteiger partial charge in [0.1, 0.15) is 0 Å². The molecule has 28 heavy (non-hydrogen) atoms. The van der Waals surface area contributed by atoms with Gasteiger partial charge in [0.25, 0.3) is 0 Å². The molecule has 0 aromatic carbocycles. The Hall–Kier alpha value is -0.820. The summed E-state index contributed by atoms with van der Waals surface area (Å²) in [6.07, 6.45) is 4.94. The fraction of sp³-hybridized carbons (Fsp3) is 0.550. The van der Waals surface area contributed by atoms with Gasteiger partial charge in [-0.25, -0.2) is 0 Å². The van der Waals surface area contributed by atoms with Gasteiger partial charge in [-0.2, -0.15) is 0 Å². The Morgan fingerprint density at radius 3 is 2.57 bits per heavy atom. The summed E-state index contributed by atoms with van der Waals surface area (Å²) in [5, 5.41) is 2.16. The first-order chi connectivity index (χ1) is 13.0. The zero-order valence-electron chi connectivity index (χ0n) is 16.5. The molecular weight excluding hydrogens is 413 g/mol. The molecule has 5 nitrogen and oxygen atoms in total. The second kappa shape index (κ2) is 10.3. The molecule has 2 heterocycles. The molecule has 0 radical (unpaired) electrons. The maximum absolute atomic E-state index is 12.4. The van der Waals surface area contributed by atoms with Gasteiger partial charge < -0.3 is 15.5 Å². The molecule has 0 fully saturated rings. The van der Waals surface area contributed by atoms with Gasteiger partial charge in [-0.3, -0.25) is 9.36 Å². The molecule has 0 spiro atoms. The predicted octanol–water partition coefficient (Wildman–Crippen LogP) is 4.93. The molecule has 0 aliphatic heterocycles. The standard InChI is InChI=1S/C20H30NO4PS2/c1-15-13-17(27-14-15)5-3-4-6-18(22)19-8-7-16(28-19)9-10-20(2,21)11-12-26(23,24)25/h7-8,13-14H,3-6,9-12,21H2,1-2H3,(H2,23,24,25). The Balaban J connectivity index is 1.73. The van der Waals surface area contributed by atoms with E-state index in [0.717, 1.165) is 29.0 Å². The van der Waals surface area contributed by atoms with E-state index in [-0.39, 0.29) is 18.4 Å². The van der Waals surface area contributed by atoms with Crippen LogP contribution < -0.4 is 5.73 Å². The van der Waals surface area contributed by atoms with Crippen molar-refractivity contribution in [2.45, 2.75) is 64.3 Å². The average Bonchev–Trinajstić information content (AvgIpc) is 3.24. The van der Waals surface area contributed by atoms with Crippen LogP contribution in [0.4, 0.5) is 0 Å². The highest BCUT2D eigenvalue weighted by Gasteiger charge is 2.24. The highest BCUT2D eigenvalue weighted by Crippen LogP contribution is 2.37. The number of carbonyl (C=O) groups is 1. The van der Waals surface area contributed by atoms with Crippen molar-refractivity contribution in [3.8, 4) is 0 Å². The van der Waals surface area contributed by atoms with Gasteiger partial charge in [0.2, 0.25) is 0 Å². The number of carbonyl (C=O) groups excluding carboxylic acids is 1. The number of hydrogen-bond donors (Lipinski definition) is 3. The average molecular weight is 444 g/mol. The number of nitrogens with two attached hydrogens (primary N) is 1. The van der Waals surface area contributed by atoms with Crippen LogP contribution in [-0.2, 0) is 17.4 Å². The summed E-state index contributed by atoms with van der Waals surface area (Å²) in [5.41, 5.74) is 6.84. The lowest BCUT2D eigenvalue weighted by Gasteiger charge is -2.24. The van der Waals surface area contributed by atoms with Crippen LogP contribution in [0.3, 0.4) is 0 Å². The largest absolute Gasteiger partial charge is 0.325 e. The van der Waals surface area contributed by atoms with Crippen LogP contribution in [0, 0.1) is 6.92 Å². The minimum atomic E-state index is -4.02. The summed E-state index contributed by atoms with van der Waals surface area (Å²) in [4.78, 5) is 33.7. The van der Waals surface area contributed by atoms with E-state index < -0.39 is 13.1 Å². The zero-order valence-corrected chi connectivity index (χ0v) is 19.0. The molecule has 0 saturated heterocycles. The van der Waals surface area contributed by atoms with E-state index in [9.17, 15) is 9.36 Å². The minimum Gasteiger partial charge on any atom is -0.325 e. The molecule has 0 aliphatic rings. The van der Waals surface area contributed by atoms with Crippen molar-refractivity contribution in [2.75, 3.05) is 6.16 Å². The summed E-state index contributed by atoms with van der Waals surface area (Å²) in [6, 6.07) is 6.06. The fourth-order valence-corrected chi connectivity index (χ4v) is 5.62. The van der Waals surface area contributed by atoms with Crippen molar-refractivity contribution < 1.29 is 19.1 Å². The van der Waals surface area contributed by atoms with Crippen LogP contribution in [0.2, 0.25) is 0 Å². The lowest BCUT2D eigenvalue weighted by Crippen LogP contribution is -2.37. The second-order valence-electron chi connectivity index (χ2n) is 7.78. The van der Waals surface area contributed by atoms with E-state index in [1.165, 1.54) is 21.8 Å². The van der Waals surface area contributed by atoms with Crippen LogP contribution in [0.1, 0.15) is 64.0 Å². The molecule has 1 atom stereocenters. The molecule has 156 valence electrons. The topological polar surface area (TPSA) is 101 Å². The molecule has 2 aromatic rings. The van der Waals surface area contributed by atoms with Crippen LogP contribution in [0.15, 0.2) is 23.6 Å². The Bertz CT molecular complexity index is 822. The number of Topliss-reactive ketones (excluding diaryl/α,β-unsaturated/α-hetero) is 1. The highest BCUT2D eigenvalue weighted by molar-refractivity contribution is 7.51. The summed E-state index contributed by atoms with van der Waals surface area (Å²) >= 11 is 3.29. The molecule has 0 saturated carbocycles. The van der Waals surface area contributed by atoms with Crippen molar-refractivity contribution in [1.29, 1.82) is 0 Å². The fourth-order valence-electron chi connectivity index (χ4n) is 2.93. The van der Waals surface area contributed by atoms with Crippen molar-refractivity contribution >= 4 is 36.1 Å². The van der Waals surface area contributed by atoms with Gasteiger partial charge in [0.15, 0.2) is 5.78 Å². The first kappa shape index (κ1) is 23.5. The maximum atomic E-state index is 12.4. The molecule has 4 N–H and O–H groups in total. The lowest BCUT2D eigenvalue weighted by molar-refractivity contribution is 0.0983. The second-order valence-corrected chi connectivity index (χ2v) is 11.7. The van der Waals surface area contributed by atoms with Gasteiger partial charge in [-0.1, -0.05) is 0 Å². The third kappa shape index (κ3) is 8.68. The summed E-state index contributed by atoms with van der Waals surface area (Å²) < 4.78 is 11.0. The van der Waals surface area contributed by atoms with E-state index >= 15 is 0 Å². The molecular formula is C20H30NO4PS2. The van der Waals surface area contributed by atoms with Gasteiger partial charge >= 0.3 is 7.60 Å². The van der Waals surface area contributed by atoms with E-state index in [1.807, 2.05) is 19.1 Å². The summed E-state index contributed by atoms with van der Waals surface area (Å²) in [6.45, 7) is 3.92. The van der Waals surface area contributed by atoms with Gasteiger partial charge in [-0.05, 0) is 81.5 Å². The Labute approximate surface area is 175 Å². The number of hydrogen-bond acceptors (Lipinski definition) is 5. The zero-order chi connectivity index (χ0) is 20.8. The number of ketones is 1.